The zero-order valence-electron chi connectivity index (χ0n) is 17.5. The van der Waals surface area contributed by atoms with Gasteiger partial charge < -0.3 is 10.1 Å². The van der Waals surface area contributed by atoms with Gasteiger partial charge >= 0.3 is 0 Å². The summed E-state index contributed by atoms with van der Waals surface area (Å²) in [5, 5.41) is 2.93. The Balaban J connectivity index is 2.06. The zero-order chi connectivity index (χ0) is 21.4. The van der Waals surface area contributed by atoms with Crippen LogP contribution < -0.4 is 14.4 Å². The molecule has 0 fully saturated rings. The van der Waals surface area contributed by atoms with Crippen molar-refractivity contribution in [2.75, 3.05) is 17.2 Å². The molecule has 0 aromatic heterocycles. The molecule has 1 amide bonds. The molecular formula is C22H30N2O4S. The number of carbonyl (C=O) groups excluding carboxylic acids is 1. The van der Waals surface area contributed by atoms with Crippen molar-refractivity contribution in [2.45, 2.75) is 45.7 Å². The Labute approximate surface area is 173 Å². The fraction of sp³-hybridized carbons (Fsp3) is 0.409. The number of nitrogens with zero attached hydrogens (tertiary/aromatic N) is 1. The summed E-state index contributed by atoms with van der Waals surface area (Å²) in [6, 6.07) is 15.8. The highest BCUT2D eigenvalue weighted by Gasteiger charge is 2.29. The lowest BCUT2D eigenvalue weighted by Crippen LogP contribution is -2.49. The number of rotatable bonds is 10. The molecule has 29 heavy (non-hydrogen) atoms. The largest absolute Gasteiger partial charge is 0.494 e. The molecule has 2 rings (SSSR count). The van der Waals surface area contributed by atoms with Crippen LogP contribution in [0.1, 0.15) is 32.8 Å². The molecule has 0 saturated carbocycles. The van der Waals surface area contributed by atoms with Gasteiger partial charge in [0.15, 0.2) is 0 Å². The second kappa shape index (κ2) is 10.3. The molecule has 0 aliphatic heterocycles. The van der Waals surface area contributed by atoms with Crippen molar-refractivity contribution in [1.82, 2.24) is 5.32 Å². The lowest BCUT2D eigenvalue weighted by atomic mass is 10.1. The predicted molar refractivity (Wildman–Crippen MR) is 117 cm³/mol. The number of amides is 1. The molecule has 0 heterocycles. The van der Waals surface area contributed by atoms with E-state index in [9.17, 15) is 13.2 Å². The average molecular weight is 419 g/mol. The van der Waals surface area contributed by atoms with E-state index >= 15 is 0 Å². The lowest BCUT2D eigenvalue weighted by Gasteiger charge is -2.29. The Bertz CT molecular complexity index is 883. The van der Waals surface area contributed by atoms with Gasteiger partial charge in [-0.2, -0.15) is 0 Å². The topological polar surface area (TPSA) is 75.7 Å². The van der Waals surface area contributed by atoms with Gasteiger partial charge in [0.25, 0.3) is 0 Å². The molecule has 0 aliphatic rings. The number of benzene rings is 2. The summed E-state index contributed by atoms with van der Waals surface area (Å²) in [5.74, 6) is 0.321. The molecular weight excluding hydrogens is 388 g/mol. The lowest BCUT2D eigenvalue weighted by molar-refractivity contribution is -0.122. The molecule has 2 aromatic rings. The van der Waals surface area contributed by atoms with Crippen molar-refractivity contribution < 1.29 is 17.9 Å². The van der Waals surface area contributed by atoms with Gasteiger partial charge in [0.05, 0.1) is 18.6 Å². The quantitative estimate of drug-likeness (QED) is 0.642. The van der Waals surface area contributed by atoms with E-state index in [1.165, 1.54) is 5.56 Å². The molecule has 2 atom stereocenters. The SMILES string of the molecule is CCOc1ccc(N([C@@H](C)C(=O)N[C@@H](C)CCc2ccccc2)S(C)(=O)=O)cc1. The van der Waals surface area contributed by atoms with Crippen LogP contribution in [0.25, 0.3) is 0 Å². The van der Waals surface area contributed by atoms with Crippen LogP contribution in [0.15, 0.2) is 54.6 Å². The number of hydrogen-bond donors (Lipinski definition) is 1. The Kier molecular flexibility index (Phi) is 8.08. The molecule has 6 nitrogen and oxygen atoms in total. The smallest absolute Gasteiger partial charge is 0.243 e. The highest BCUT2D eigenvalue weighted by Crippen LogP contribution is 2.24. The second-order valence-electron chi connectivity index (χ2n) is 7.10. The minimum absolute atomic E-state index is 0.0769. The van der Waals surface area contributed by atoms with Crippen molar-refractivity contribution >= 4 is 21.6 Å². The molecule has 1 N–H and O–H groups in total. The number of aryl methyl sites for hydroxylation is 1. The molecule has 0 radical (unpaired) electrons. The maximum absolute atomic E-state index is 12.8. The van der Waals surface area contributed by atoms with Gasteiger partial charge in [-0.25, -0.2) is 8.42 Å². The summed E-state index contributed by atoms with van der Waals surface area (Å²) < 4.78 is 31.3. The summed E-state index contributed by atoms with van der Waals surface area (Å²) in [6.45, 7) is 5.92. The van der Waals surface area contributed by atoms with Gasteiger partial charge in [0.1, 0.15) is 11.8 Å². The number of hydrogen-bond acceptors (Lipinski definition) is 4. The van der Waals surface area contributed by atoms with Crippen LogP contribution in [0.5, 0.6) is 5.75 Å². The van der Waals surface area contributed by atoms with Gasteiger partial charge in [-0.05, 0) is 63.4 Å². The Morgan fingerprint density at radius 1 is 1.07 bits per heavy atom. The minimum atomic E-state index is -3.65. The third kappa shape index (κ3) is 6.78. The Hall–Kier alpha value is -2.54. The first-order valence-electron chi connectivity index (χ1n) is 9.79. The Morgan fingerprint density at radius 2 is 1.69 bits per heavy atom. The van der Waals surface area contributed by atoms with Crippen LogP contribution in [0.2, 0.25) is 0 Å². The third-order valence-electron chi connectivity index (χ3n) is 4.59. The van der Waals surface area contributed by atoms with Gasteiger partial charge in [-0.1, -0.05) is 30.3 Å². The number of anilines is 1. The Morgan fingerprint density at radius 3 is 2.24 bits per heavy atom. The highest BCUT2D eigenvalue weighted by atomic mass is 32.2. The summed E-state index contributed by atoms with van der Waals surface area (Å²) >= 11 is 0. The van der Waals surface area contributed by atoms with Gasteiger partial charge in [-0.3, -0.25) is 9.10 Å². The van der Waals surface area contributed by atoms with Crippen LogP contribution in [-0.2, 0) is 21.2 Å². The van der Waals surface area contributed by atoms with Crippen LogP contribution in [0, 0.1) is 0 Å². The monoisotopic (exact) mass is 418 g/mol. The van der Waals surface area contributed by atoms with Crippen LogP contribution in [0.4, 0.5) is 5.69 Å². The van der Waals surface area contributed by atoms with E-state index in [1.54, 1.807) is 31.2 Å². The summed E-state index contributed by atoms with van der Waals surface area (Å²) in [4.78, 5) is 12.8. The predicted octanol–water partition coefficient (Wildman–Crippen LogP) is 3.38. The maximum Gasteiger partial charge on any atom is 0.243 e. The number of carbonyl (C=O) groups is 1. The molecule has 158 valence electrons. The summed E-state index contributed by atoms with van der Waals surface area (Å²) in [5.41, 5.74) is 1.63. The summed E-state index contributed by atoms with van der Waals surface area (Å²) in [6.07, 6.45) is 2.71. The van der Waals surface area contributed by atoms with E-state index in [2.05, 4.69) is 17.4 Å². The minimum Gasteiger partial charge on any atom is -0.494 e. The van der Waals surface area contributed by atoms with Crippen LogP contribution >= 0.6 is 0 Å². The van der Waals surface area contributed by atoms with E-state index in [0.29, 0.717) is 18.0 Å². The standard InChI is InChI=1S/C22H30N2O4S/c1-5-28-21-15-13-20(14-16-21)24(29(4,26)27)18(3)22(25)23-17(2)11-12-19-9-7-6-8-10-19/h6-10,13-18H,5,11-12H2,1-4H3,(H,23,25)/t17-,18-/m0/s1. The average Bonchev–Trinajstić information content (AvgIpc) is 2.68. The highest BCUT2D eigenvalue weighted by molar-refractivity contribution is 7.92. The van der Waals surface area contributed by atoms with Crippen LogP contribution in [-0.4, -0.2) is 39.3 Å². The number of sulfonamides is 1. The fourth-order valence-corrected chi connectivity index (χ4v) is 4.30. The van der Waals surface area contributed by atoms with E-state index in [4.69, 9.17) is 4.74 Å². The number of ether oxygens (including phenoxy) is 1. The van der Waals surface area contributed by atoms with Crippen molar-refractivity contribution in [3.8, 4) is 5.75 Å². The first-order chi connectivity index (χ1) is 13.7. The molecule has 2 aromatic carbocycles. The van der Waals surface area contributed by atoms with Crippen molar-refractivity contribution in [1.29, 1.82) is 0 Å². The first-order valence-corrected chi connectivity index (χ1v) is 11.6. The maximum atomic E-state index is 12.8. The van der Waals surface area contributed by atoms with Gasteiger partial charge in [0, 0.05) is 6.04 Å². The molecule has 0 aliphatic carbocycles. The van der Waals surface area contributed by atoms with E-state index in [0.717, 1.165) is 23.4 Å². The summed E-state index contributed by atoms with van der Waals surface area (Å²) in [7, 11) is -3.65. The van der Waals surface area contributed by atoms with Crippen molar-refractivity contribution in [3.63, 3.8) is 0 Å². The fourth-order valence-electron chi connectivity index (χ4n) is 3.13. The molecule has 0 bridgehead atoms. The third-order valence-corrected chi connectivity index (χ3v) is 5.83. The van der Waals surface area contributed by atoms with Crippen molar-refractivity contribution in [2.24, 2.45) is 0 Å². The van der Waals surface area contributed by atoms with Crippen molar-refractivity contribution in [3.05, 3.63) is 60.2 Å². The zero-order valence-corrected chi connectivity index (χ0v) is 18.3. The molecule has 0 saturated heterocycles. The van der Waals surface area contributed by atoms with E-state index in [-0.39, 0.29) is 11.9 Å². The normalized spacial score (nSPS) is 13.4. The van der Waals surface area contributed by atoms with Gasteiger partial charge in [-0.15, -0.1) is 0 Å². The first kappa shape index (κ1) is 22.7. The molecule has 7 heteroatoms. The van der Waals surface area contributed by atoms with E-state index in [1.807, 2.05) is 32.0 Å². The molecule has 0 unspecified atom stereocenters. The van der Waals surface area contributed by atoms with E-state index < -0.39 is 16.1 Å². The molecule has 0 spiro atoms. The van der Waals surface area contributed by atoms with Gasteiger partial charge in [0.2, 0.25) is 15.9 Å². The van der Waals surface area contributed by atoms with Crippen LogP contribution in [0.3, 0.4) is 0 Å². The number of nitrogens with one attached hydrogen (secondary N) is 1. The second-order valence-corrected chi connectivity index (χ2v) is 8.96.